The quantitative estimate of drug-likeness (QED) is 0.498. The van der Waals surface area contributed by atoms with Gasteiger partial charge in [0, 0.05) is 12.4 Å². The van der Waals surface area contributed by atoms with E-state index in [0.29, 0.717) is 10.8 Å². The van der Waals surface area contributed by atoms with Gasteiger partial charge in [0.25, 0.3) is 0 Å². The minimum Gasteiger partial charge on any atom is -0.370 e. The number of nitrogens with two attached hydrogens (primary N) is 2. The zero-order valence-electron chi connectivity index (χ0n) is 6.24. The van der Waals surface area contributed by atoms with Crippen molar-refractivity contribution >= 4 is 17.6 Å². The summed E-state index contributed by atoms with van der Waals surface area (Å²) >= 11 is 5.56. The first-order valence-corrected chi connectivity index (χ1v) is 3.58. The van der Waals surface area contributed by atoms with E-state index in [-0.39, 0.29) is 12.5 Å². The summed E-state index contributed by atoms with van der Waals surface area (Å²) in [5, 5.41) is 0.489. The number of hydrogen-bond donors (Lipinski definition) is 2. The van der Waals surface area contributed by atoms with Crippen molar-refractivity contribution in [1.29, 1.82) is 0 Å². The number of hydrogen-bond acceptors (Lipinski definition) is 3. The van der Waals surface area contributed by atoms with Crippen molar-refractivity contribution in [1.82, 2.24) is 9.97 Å². The van der Waals surface area contributed by atoms with Crippen molar-refractivity contribution in [3.05, 3.63) is 23.2 Å². The Morgan fingerprint density at radius 1 is 1.42 bits per heavy atom. The Bertz CT molecular complexity index is 276. The molecule has 0 atom stereocenters. The van der Waals surface area contributed by atoms with Crippen molar-refractivity contribution in [2.75, 3.05) is 0 Å². The number of aromatic nitrogens is 2. The second-order valence-electron chi connectivity index (χ2n) is 2.06. The molecule has 0 aromatic carbocycles. The molecule has 0 fully saturated rings. The fraction of sp³-hybridized carbons (Fsp3) is 0.167. The molecule has 0 saturated heterocycles. The van der Waals surface area contributed by atoms with Gasteiger partial charge in [0.15, 0.2) is 5.96 Å². The molecule has 12 heavy (non-hydrogen) atoms. The Morgan fingerprint density at radius 2 is 2.00 bits per heavy atom. The fourth-order valence-electron chi connectivity index (χ4n) is 0.583. The summed E-state index contributed by atoms with van der Waals surface area (Å²) in [5.41, 5.74) is 10.2. The highest BCUT2D eigenvalue weighted by Gasteiger charge is 1.93. The average molecular weight is 186 g/mol. The molecule has 0 amide bonds. The topological polar surface area (TPSA) is 90.2 Å². The molecule has 0 aliphatic heterocycles. The minimum atomic E-state index is 0.0218. The summed E-state index contributed by atoms with van der Waals surface area (Å²) in [7, 11) is 0. The van der Waals surface area contributed by atoms with E-state index in [1.165, 1.54) is 12.4 Å². The van der Waals surface area contributed by atoms with Crippen LogP contribution in [0, 0.1) is 0 Å². The van der Waals surface area contributed by atoms with Gasteiger partial charge in [0.2, 0.25) is 0 Å². The molecule has 0 unspecified atom stereocenters. The minimum absolute atomic E-state index is 0.0218. The Hall–Kier alpha value is -1.36. The van der Waals surface area contributed by atoms with E-state index >= 15 is 0 Å². The third-order valence-corrected chi connectivity index (χ3v) is 1.27. The van der Waals surface area contributed by atoms with E-state index in [1.54, 1.807) is 0 Å². The van der Waals surface area contributed by atoms with Crippen LogP contribution in [-0.4, -0.2) is 15.9 Å². The number of halogens is 1. The van der Waals surface area contributed by atoms with Crippen LogP contribution in [0.4, 0.5) is 0 Å². The molecule has 1 aromatic heterocycles. The molecule has 1 heterocycles. The van der Waals surface area contributed by atoms with E-state index in [0.717, 1.165) is 0 Å². The summed E-state index contributed by atoms with van der Waals surface area (Å²) < 4.78 is 0. The molecule has 4 N–H and O–H groups in total. The first kappa shape index (κ1) is 8.73. The van der Waals surface area contributed by atoms with Crippen molar-refractivity contribution in [3.63, 3.8) is 0 Å². The van der Waals surface area contributed by atoms with Gasteiger partial charge in [0.05, 0.1) is 5.02 Å². The third-order valence-electron chi connectivity index (χ3n) is 1.08. The van der Waals surface area contributed by atoms with Crippen LogP contribution in [0.15, 0.2) is 17.4 Å². The van der Waals surface area contributed by atoms with Gasteiger partial charge in [-0.05, 0) is 0 Å². The highest BCUT2D eigenvalue weighted by Crippen LogP contribution is 2.02. The van der Waals surface area contributed by atoms with Crippen molar-refractivity contribution in [3.8, 4) is 0 Å². The molecule has 64 valence electrons. The van der Waals surface area contributed by atoms with Gasteiger partial charge in [-0.15, -0.1) is 0 Å². The number of rotatable bonds is 2. The second kappa shape index (κ2) is 3.87. The predicted octanol–water partition coefficient (Wildman–Crippen LogP) is -0.0966. The maximum absolute atomic E-state index is 5.56. The van der Waals surface area contributed by atoms with Gasteiger partial charge in [-0.25, -0.2) is 15.0 Å². The van der Waals surface area contributed by atoms with Gasteiger partial charge in [0.1, 0.15) is 12.4 Å². The van der Waals surface area contributed by atoms with E-state index in [1.807, 2.05) is 0 Å². The van der Waals surface area contributed by atoms with Crippen molar-refractivity contribution in [2.24, 2.45) is 16.5 Å². The molecule has 0 saturated carbocycles. The number of nitrogens with zero attached hydrogens (tertiary/aromatic N) is 3. The summed E-state index contributed by atoms with van der Waals surface area (Å²) in [4.78, 5) is 11.5. The van der Waals surface area contributed by atoms with Gasteiger partial charge in [-0.2, -0.15) is 0 Å². The highest BCUT2D eigenvalue weighted by atomic mass is 35.5. The lowest BCUT2D eigenvalue weighted by molar-refractivity contribution is 0.905. The molecule has 0 bridgehead atoms. The first-order chi connectivity index (χ1) is 5.68. The van der Waals surface area contributed by atoms with Crippen LogP contribution in [0.2, 0.25) is 5.02 Å². The second-order valence-corrected chi connectivity index (χ2v) is 2.50. The number of aliphatic imine (C=N–C) groups is 1. The van der Waals surface area contributed by atoms with Gasteiger partial charge in [-0.1, -0.05) is 11.6 Å². The lowest BCUT2D eigenvalue weighted by atomic mass is 10.5. The SMILES string of the molecule is NC(N)=NCc1ncc(Cl)cn1. The Labute approximate surface area is 74.5 Å². The molecule has 0 aliphatic rings. The first-order valence-electron chi connectivity index (χ1n) is 3.20. The van der Waals surface area contributed by atoms with Crippen LogP contribution in [0.5, 0.6) is 0 Å². The zero-order valence-corrected chi connectivity index (χ0v) is 6.99. The smallest absolute Gasteiger partial charge is 0.186 e. The molecule has 6 heteroatoms. The van der Waals surface area contributed by atoms with Crippen LogP contribution >= 0.6 is 11.6 Å². The van der Waals surface area contributed by atoms with Crippen molar-refractivity contribution < 1.29 is 0 Å². The normalized spacial score (nSPS) is 9.42. The Morgan fingerprint density at radius 3 is 2.50 bits per heavy atom. The maximum Gasteiger partial charge on any atom is 0.186 e. The summed E-state index contributed by atoms with van der Waals surface area (Å²) in [5.74, 6) is 0.557. The van der Waals surface area contributed by atoms with Gasteiger partial charge >= 0.3 is 0 Å². The van der Waals surface area contributed by atoms with Gasteiger partial charge < -0.3 is 11.5 Å². The molecule has 5 nitrogen and oxygen atoms in total. The maximum atomic E-state index is 5.56. The highest BCUT2D eigenvalue weighted by molar-refractivity contribution is 6.30. The van der Waals surface area contributed by atoms with Crippen LogP contribution in [0.3, 0.4) is 0 Å². The summed E-state index contributed by atoms with van der Waals surface area (Å²) in [6, 6.07) is 0. The van der Waals surface area contributed by atoms with Crippen LogP contribution in [0.1, 0.15) is 5.82 Å². The molecule has 0 aliphatic carbocycles. The molecular formula is C6H8ClN5. The monoisotopic (exact) mass is 185 g/mol. The van der Waals surface area contributed by atoms with E-state index in [2.05, 4.69) is 15.0 Å². The fourth-order valence-corrected chi connectivity index (χ4v) is 0.680. The number of guanidine groups is 1. The lowest BCUT2D eigenvalue weighted by Crippen LogP contribution is -2.22. The summed E-state index contributed by atoms with van der Waals surface area (Å²) in [6.45, 7) is 0.277. The summed E-state index contributed by atoms with van der Waals surface area (Å²) in [6.07, 6.45) is 2.98. The predicted molar refractivity (Wildman–Crippen MR) is 46.6 cm³/mol. The largest absolute Gasteiger partial charge is 0.370 e. The van der Waals surface area contributed by atoms with Crippen LogP contribution < -0.4 is 11.5 Å². The van der Waals surface area contributed by atoms with E-state index < -0.39 is 0 Å². The molecule has 1 aromatic rings. The van der Waals surface area contributed by atoms with Gasteiger partial charge in [-0.3, -0.25) is 0 Å². The Balaban J connectivity index is 2.65. The molecule has 1 rings (SSSR count). The van der Waals surface area contributed by atoms with Crippen molar-refractivity contribution in [2.45, 2.75) is 6.54 Å². The molecular weight excluding hydrogens is 178 g/mol. The van der Waals surface area contributed by atoms with E-state index in [4.69, 9.17) is 23.1 Å². The third kappa shape index (κ3) is 2.71. The molecule has 0 spiro atoms. The van der Waals surface area contributed by atoms with Crippen LogP contribution in [0.25, 0.3) is 0 Å². The zero-order chi connectivity index (χ0) is 8.97. The van der Waals surface area contributed by atoms with E-state index in [9.17, 15) is 0 Å². The molecule has 0 radical (unpaired) electrons. The standard InChI is InChI=1S/C6H8ClN5/c7-4-1-10-5(11-2-4)3-12-6(8)9/h1-2H,3H2,(H4,8,9,12). The Kier molecular flexibility index (Phi) is 2.82. The lowest BCUT2D eigenvalue weighted by Gasteiger charge is -1.94. The average Bonchev–Trinajstić information content (AvgIpc) is 2.03. The van der Waals surface area contributed by atoms with Crippen LogP contribution in [-0.2, 0) is 6.54 Å².